The fourth-order valence-corrected chi connectivity index (χ4v) is 3.20. The Morgan fingerprint density at radius 2 is 2.26 bits per heavy atom. The fourth-order valence-electron chi connectivity index (χ4n) is 1.90. The van der Waals surface area contributed by atoms with Crippen molar-refractivity contribution in [3.63, 3.8) is 0 Å². The first kappa shape index (κ1) is 14.2. The highest BCUT2D eigenvalue weighted by Gasteiger charge is 2.20. The molecule has 0 saturated carbocycles. The Morgan fingerprint density at radius 3 is 2.84 bits per heavy atom. The molecule has 1 heterocycles. The zero-order chi connectivity index (χ0) is 13.8. The summed E-state index contributed by atoms with van der Waals surface area (Å²) in [6, 6.07) is 7.77. The van der Waals surface area contributed by atoms with Crippen LogP contribution in [0, 0.1) is 12.8 Å². The van der Waals surface area contributed by atoms with Gasteiger partial charge in [0, 0.05) is 22.0 Å². The summed E-state index contributed by atoms with van der Waals surface area (Å²) in [5, 5.41) is 12.2. The SMILES string of the molecule is Cc1csc(CC(Cc2cccc(Br)c2)C(=O)O)n1. The first-order chi connectivity index (χ1) is 9.04. The molecule has 1 atom stereocenters. The van der Waals surface area contributed by atoms with Crippen molar-refractivity contribution in [2.24, 2.45) is 5.92 Å². The van der Waals surface area contributed by atoms with E-state index in [-0.39, 0.29) is 0 Å². The summed E-state index contributed by atoms with van der Waals surface area (Å²) in [6.07, 6.45) is 1.01. The van der Waals surface area contributed by atoms with E-state index in [1.165, 1.54) is 11.3 Å². The van der Waals surface area contributed by atoms with Crippen molar-refractivity contribution in [2.45, 2.75) is 19.8 Å². The van der Waals surface area contributed by atoms with Crippen molar-refractivity contribution in [3.05, 3.63) is 50.4 Å². The maximum atomic E-state index is 11.4. The lowest BCUT2D eigenvalue weighted by Crippen LogP contribution is -2.19. The molecule has 19 heavy (non-hydrogen) atoms. The summed E-state index contributed by atoms with van der Waals surface area (Å²) >= 11 is 4.93. The Morgan fingerprint density at radius 1 is 1.47 bits per heavy atom. The van der Waals surface area contributed by atoms with Crippen LogP contribution >= 0.6 is 27.3 Å². The average molecular weight is 340 g/mol. The topological polar surface area (TPSA) is 50.2 Å². The number of rotatable bonds is 5. The monoisotopic (exact) mass is 339 g/mol. The van der Waals surface area contributed by atoms with Gasteiger partial charge in [-0.3, -0.25) is 4.79 Å². The summed E-state index contributed by atoms with van der Waals surface area (Å²) in [7, 11) is 0. The first-order valence-corrected chi connectivity index (χ1v) is 7.60. The maximum Gasteiger partial charge on any atom is 0.307 e. The number of thiazole rings is 1. The van der Waals surface area contributed by atoms with Gasteiger partial charge >= 0.3 is 5.97 Å². The third-order valence-corrected chi connectivity index (χ3v) is 4.29. The molecule has 0 fully saturated rings. The highest BCUT2D eigenvalue weighted by Crippen LogP contribution is 2.20. The van der Waals surface area contributed by atoms with Crippen LogP contribution in [-0.4, -0.2) is 16.1 Å². The van der Waals surface area contributed by atoms with Crippen LogP contribution in [-0.2, 0) is 17.6 Å². The summed E-state index contributed by atoms with van der Waals surface area (Å²) in [5.41, 5.74) is 1.97. The van der Waals surface area contributed by atoms with Gasteiger partial charge < -0.3 is 5.11 Å². The summed E-state index contributed by atoms with van der Waals surface area (Å²) in [5.74, 6) is -1.20. The van der Waals surface area contributed by atoms with Crippen molar-refractivity contribution in [1.29, 1.82) is 0 Å². The molecule has 0 aliphatic heterocycles. The van der Waals surface area contributed by atoms with E-state index < -0.39 is 11.9 Å². The molecule has 0 aliphatic rings. The molecule has 0 aliphatic carbocycles. The second-order valence-electron chi connectivity index (χ2n) is 4.46. The van der Waals surface area contributed by atoms with Gasteiger partial charge in [-0.1, -0.05) is 28.1 Å². The predicted octanol–water partition coefficient (Wildman–Crippen LogP) is 3.70. The Hall–Kier alpha value is -1.20. The van der Waals surface area contributed by atoms with E-state index >= 15 is 0 Å². The number of benzene rings is 1. The molecule has 0 amide bonds. The largest absolute Gasteiger partial charge is 0.481 e. The van der Waals surface area contributed by atoms with E-state index in [4.69, 9.17) is 0 Å². The molecule has 1 unspecified atom stereocenters. The average Bonchev–Trinajstić information content (AvgIpc) is 2.74. The number of nitrogens with zero attached hydrogens (tertiary/aromatic N) is 1. The number of carboxylic acids is 1. The molecule has 0 radical (unpaired) electrons. The van der Waals surface area contributed by atoms with E-state index in [0.29, 0.717) is 12.8 Å². The summed E-state index contributed by atoms with van der Waals surface area (Å²) in [4.78, 5) is 15.7. The third kappa shape index (κ3) is 4.14. The highest BCUT2D eigenvalue weighted by molar-refractivity contribution is 9.10. The zero-order valence-corrected chi connectivity index (χ0v) is 12.9. The van der Waals surface area contributed by atoms with E-state index in [1.807, 2.05) is 36.6 Å². The van der Waals surface area contributed by atoms with Gasteiger partial charge in [-0.05, 0) is 31.0 Å². The molecule has 0 spiro atoms. The Kier molecular flexibility index (Phi) is 4.71. The molecule has 5 heteroatoms. The number of carbonyl (C=O) groups is 1. The van der Waals surface area contributed by atoms with Crippen LogP contribution in [0.5, 0.6) is 0 Å². The summed E-state index contributed by atoms with van der Waals surface area (Å²) in [6.45, 7) is 1.92. The maximum absolute atomic E-state index is 11.4. The smallest absolute Gasteiger partial charge is 0.307 e. The third-order valence-electron chi connectivity index (χ3n) is 2.81. The molecule has 1 aromatic carbocycles. The van der Waals surface area contributed by atoms with Gasteiger partial charge in [-0.15, -0.1) is 11.3 Å². The molecular formula is C14H14BrNO2S. The Balaban J connectivity index is 2.10. The van der Waals surface area contributed by atoms with Gasteiger partial charge in [-0.2, -0.15) is 0 Å². The lowest BCUT2D eigenvalue weighted by atomic mass is 9.96. The number of hydrogen-bond acceptors (Lipinski definition) is 3. The van der Waals surface area contributed by atoms with E-state index in [2.05, 4.69) is 20.9 Å². The van der Waals surface area contributed by atoms with E-state index in [0.717, 1.165) is 20.7 Å². The molecule has 2 aromatic rings. The van der Waals surface area contributed by atoms with Crippen molar-refractivity contribution in [3.8, 4) is 0 Å². The predicted molar refractivity (Wildman–Crippen MR) is 79.5 cm³/mol. The molecule has 0 saturated heterocycles. The van der Waals surface area contributed by atoms with Crippen molar-refractivity contribution >= 4 is 33.2 Å². The van der Waals surface area contributed by atoms with Crippen LogP contribution in [0.2, 0.25) is 0 Å². The first-order valence-electron chi connectivity index (χ1n) is 5.93. The van der Waals surface area contributed by atoms with Gasteiger partial charge in [0.25, 0.3) is 0 Å². The lowest BCUT2D eigenvalue weighted by Gasteiger charge is -2.11. The molecule has 0 bridgehead atoms. The van der Waals surface area contributed by atoms with Crippen molar-refractivity contribution in [1.82, 2.24) is 4.98 Å². The van der Waals surface area contributed by atoms with Gasteiger partial charge in [0.05, 0.1) is 10.9 Å². The minimum absolute atomic E-state index is 0.431. The normalized spacial score (nSPS) is 12.3. The fraction of sp³-hybridized carbons (Fsp3) is 0.286. The van der Waals surface area contributed by atoms with Crippen LogP contribution in [0.4, 0.5) is 0 Å². The van der Waals surface area contributed by atoms with Gasteiger partial charge in [0.2, 0.25) is 0 Å². The molecule has 3 nitrogen and oxygen atoms in total. The second kappa shape index (κ2) is 6.30. The Labute approximate surface area is 124 Å². The van der Waals surface area contributed by atoms with Gasteiger partial charge in [-0.25, -0.2) is 4.98 Å². The quantitative estimate of drug-likeness (QED) is 0.903. The molecule has 1 N–H and O–H groups in total. The minimum Gasteiger partial charge on any atom is -0.481 e. The molecule has 100 valence electrons. The van der Waals surface area contributed by atoms with Gasteiger partial charge in [0.15, 0.2) is 0 Å². The number of aliphatic carboxylic acids is 1. The number of hydrogen-bond donors (Lipinski definition) is 1. The highest BCUT2D eigenvalue weighted by atomic mass is 79.9. The Bertz CT molecular complexity index is 582. The van der Waals surface area contributed by atoms with Crippen LogP contribution in [0.1, 0.15) is 16.3 Å². The van der Waals surface area contributed by atoms with E-state index in [9.17, 15) is 9.90 Å². The van der Waals surface area contributed by atoms with Crippen molar-refractivity contribution < 1.29 is 9.90 Å². The molecule has 1 aromatic heterocycles. The van der Waals surface area contributed by atoms with Crippen LogP contribution in [0.15, 0.2) is 34.1 Å². The van der Waals surface area contributed by atoms with Crippen LogP contribution in [0.25, 0.3) is 0 Å². The lowest BCUT2D eigenvalue weighted by molar-refractivity contribution is -0.141. The number of carboxylic acid groups (broad SMARTS) is 1. The van der Waals surface area contributed by atoms with Crippen molar-refractivity contribution in [2.75, 3.05) is 0 Å². The van der Waals surface area contributed by atoms with E-state index in [1.54, 1.807) is 0 Å². The molecular weight excluding hydrogens is 326 g/mol. The summed E-state index contributed by atoms with van der Waals surface area (Å²) < 4.78 is 0.972. The molecule has 2 rings (SSSR count). The standard InChI is InChI=1S/C14H14BrNO2S/c1-9-8-19-13(16-9)7-11(14(17)18)5-10-3-2-4-12(15)6-10/h2-4,6,8,11H,5,7H2,1H3,(H,17,18). The van der Waals surface area contributed by atoms with Crippen LogP contribution in [0.3, 0.4) is 0 Å². The minimum atomic E-state index is -0.771. The van der Waals surface area contributed by atoms with Crippen LogP contribution < -0.4 is 0 Å². The second-order valence-corrected chi connectivity index (χ2v) is 6.31. The number of halogens is 1. The number of aromatic nitrogens is 1. The number of aryl methyl sites for hydroxylation is 1. The zero-order valence-electron chi connectivity index (χ0n) is 10.5. The van der Waals surface area contributed by atoms with Gasteiger partial charge in [0.1, 0.15) is 0 Å².